The average molecular weight is 483 g/mol. The van der Waals surface area contributed by atoms with E-state index >= 15 is 0 Å². The second-order valence-electron chi connectivity index (χ2n) is 7.98. The molecule has 1 heterocycles. The van der Waals surface area contributed by atoms with Gasteiger partial charge in [-0.15, -0.1) is 0 Å². The van der Waals surface area contributed by atoms with Gasteiger partial charge in [0.25, 0.3) is 0 Å². The van der Waals surface area contributed by atoms with Crippen LogP contribution < -0.4 is 10.2 Å². The van der Waals surface area contributed by atoms with Crippen LogP contribution in [0.25, 0.3) is 22.3 Å². The lowest BCUT2D eigenvalue weighted by atomic mass is 9.91. The maximum absolute atomic E-state index is 13.3. The Hall–Kier alpha value is -3.00. The predicted octanol–water partition coefficient (Wildman–Crippen LogP) is 6.65. The van der Waals surface area contributed by atoms with Crippen LogP contribution in [0.4, 0.5) is 13.2 Å². The zero-order valence-electron chi connectivity index (χ0n) is 17.9. The number of hydrogen-bond donors (Lipinski definition) is 1. The lowest BCUT2D eigenvalue weighted by Gasteiger charge is -2.17. The van der Waals surface area contributed by atoms with Gasteiger partial charge in [0, 0.05) is 6.07 Å². The van der Waals surface area contributed by atoms with E-state index in [4.69, 9.17) is 20.8 Å². The highest BCUT2D eigenvalue weighted by Gasteiger charge is 2.32. The van der Waals surface area contributed by atoms with Crippen molar-refractivity contribution < 1.29 is 32.2 Å². The summed E-state index contributed by atoms with van der Waals surface area (Å²) in [5, 5.41) is 9.73. The molecule has 1 N–H and O–H groups in total. The van der Waals surface area contributed by atoms with Crippen LogP contribution in [0.2, 0.25) is 5.02 Å². The van der Waals surface area contributed by atoms with Gasteiger partial charge < -0.3 is 14.3 Å². The van der Waals surface area contributed by atoms with Crippen molar-refractivity contribution in [3.05, 3.63) is 63.3 Å². The molecule has 0 fully saturated rings. The number of hydrogen-bond acceptors (Lipinski definition) is 4. The molecule has 0 saturated heterocycles. The van der Waals surface area contributed by atoms with Gasteiger partial charge in [0.1, 0.15) is 11.5 Å². The molecule has 33 heavy (non-hydrogen) atoms. The number of aliphatic carboxylic acids is 1. The van der Waals surface area contributed by atoms with Gasteiger partial charge in [0.15, 0.2) is 11.0 Å². The van der Waals surface area contributed by atoms with E-state index in [0.717, 1.165) is 12.1 Å². The maximum Gasteiger partial charge on any atom is 0.416 e. The molecular weight excluding hydrogens is 461 g/mol. The Morgan fingerprint density at radius 3 is 2.55 bits per heavy atom. The smallest absolute Gasteiger partial charge is 0.416 e. The van der Waals surface area contributed by atoms with Gasteiger partial charge in [-0.25, -0.2) is 0 Å². The van der Waals surface area contributed by atoms with Crippen LogP contribution >= 0.6 is 11.6 Å². The topological polar surface area (TPSA) is 76.7 Å². The number of carboxylic acids is 1. The van der Waals surface area contributed by atoms with Crippen LogP contribution in [-0.2, 0) is 11.0 Å². The molecule has 0 aliphatic heterocycles. The first-order valence-corrected chi connectivity index (χ1v) is 10.7. The molecule has 5 nitrogen and oxygen atoms in total. The number of fused-ring (bicyclic) bond motifs is 1. The van der Waals surface area contributed by atoms with Gasteiger partial charge in [-0.3, -0.25) is 9.59 Å². The summed E-state index contributed by atoms with van der Waals surface area (Å²) in [6.45, 7) is 3.57. The number of rotatable bonds is 8. The SMILES string of the molecule is CC(C)[C@@H](CCCOc1cc(C(F)(F)F)ccc1-c1cc(=O)c2cccc(Cl)c2o1)C(=O)O. The number of benzene rings is 2. The average Bonchev–Trinajstić information content (AvgIpc) is 2.73. The Bertz CT molecular complexity index is 1220. The lowest BCUT2D eigenvalue weighted by molar-refractivity contribution is -0.143. The van der Waals surface area contributed by atoms with E-state index in [-0.39, 0.29) is 45.6 Å². The molecule has 0 radical (unpaired) electrons. The van der Waals surface area contributed by atoms with E-state index in [9.17, 15) is 27.9 Å². The number of ether oxygens (including phenoxy) is 1. The summed E-state index contributed by atoms with van der Waals surface area (Å²) in [7, 11) is 0. The Morgan fingerprint density at radius 2 is 1.91 bits per heavy atom. The molecule has 176 valence electrons. The molecule has 0 bridgehead atoms. The van der Waals surface area contributed by atoms with E-state index in [1.165, 1.54) is 24.3 Å². The number of carbonyl (C=O) groups is 1. The highest BCUT2D eigenvalue weighted by molar-refractivity contribution is 6.34. The van der Waals surface area contributed by atoms with Gasteiger partial charge >= 0.3 is 12.1 Å². The highest BCUT2D eigenvalue weighted by atomic mass is 35.5. The fraction of sp³-hybridized carbons (Fsp3) is 0.333. The van der Waals surface area contributed by atoms with Crippen LogP contribution in [-0.4, -0.2) is 17.7 Å². The van der Waals surface area contributed by atoms with E-state index in [2.05, 4.69) is 0 Å². The van der Waals surface area contributed by atoms with Crippen molar-refractivity contribution >= 4 is 28.5 Å². The fourth-order valence-corrected chi connectivity index (χ4v) is 3.74. The van der Waals surface area contributed by atoms with E-state index in [1.54, 1.807) is 19.9 Å². The molecule has 9 heteroatoms. The Balaban J connectivity index is 1.96. The van der Waals surface area contributed by atoms with Gasteiger partial charge in [-0.1, -0.05) is 31.5 Å². The first kappa shape index (κ1) is 24.6. The monoisotopic (exact) mass is 482 g/mol. The summed E-state index contributed by atoms with van der Waals surface area (Å²) < 4.78 is 51.3. The Morgan fingerprint density at radius 1 is 1.18 bits per heavy atom. The normalized spacial score (nSPS) is 12.8. The lowest BCUT2D eigenvalue weighted by Crippen LogP contribution is -2.20. The number of carboxylic acid groups (broad SMARTS) is 1. The standard InChI is InChI=1S/C24H22ClF3O5/c1-13(2)15(23(30)31)6-4-10-32-20-11-14(24(26,27)28)8-9-17(20)21-12-19(29)16-5-3-7-18(25)22(16)33-21/h3,5,7-9,11-13,15H,4,6,10H2,1-2H3,(H,30,31)/t15-/m1/s1. The fourth-order valence-electron chi connectivity index (χ4n) is 3.52. The van der Waals surface area contributed by atoms with Crippen molar-refractivity contribution in [1.29, 1.82) is 0 Å². The third kappa shape index (κ3) is 5.68. The van der Waals surface area contributed by atoms with Crippen LogP contribution in [0.15, 0.2) is 51.7 Å². The Kier molecular flexibility index (Phi) is 7.37. The van der Waals surface area contributed by atoms with Crippen molar-refractivity contribution in [3.8, 4) is 17.1 Å². The summed E-state index contributed by atoms with van der Waals surface area (Å²) in [5.74, 6) is -1.73. The van der Waals surface area contributed by atoms with Gasteiger partial charge in [0.2, 0.25) is 0 Å². The number of halogens is 4. The molecule has 0 unspecified atom stereocenters. The van der Waals surface area contributed by atoms with Crippen molar-refractivity contribution in [2.75, 3.05) is 6.61 Å². The summed E-state index contributed by atoms with van der Waals surface area (Å²) in [6.07, 6.45) is -3.98. The first-order chi connectivity index (χ1) is 15.5. The van der Waals surface area contributed by atoms with Crippen molar-refractivity contribution in [2.45, 2.75) is 32.9 Å². The minimum atomic E-state index is -4.60. The van der Waals surface area contributed by atoms with Crippen LogP contribution in [0.5, 0.6) is 5.75 Å². The van der Waals surface area contributed by atoms with Crippen molar-refractivity contribution in [1.82, 2.24) is 0 Å². The summed E-state index contributed by atoms with van der Waals surface area (Å²) in [6, 6.07) is 8.72. The summed E-state index contributed by atoms with van der Waals surface area (Å²) in [5.41, 5.74) is -1.05. The predicted molar refractivity (Wildman–Crippen MR) is 119 cm³/mol. The second kappa shape index (κ2) is 9.87. The van der Waals surface area contributed by atoms with Crippen LogP contribution in [0.3, 0.4) is 0 Å². The van der Waals surface area contributed by atoms with Crippen molar-refractivity contribution in [3.63, 3.8) is 0 Å². The molecule has 0 amide bonds. The number of alkyl halides is 3. The van der Waals surface area contributed by atoms with Crippen molar-refractivity contribution in [2.24, 2.45) is 11.8 Å². The summed E-state index contributed by atoms with van der Waals surface area (Å²) in [4.78, 5) is 23.9. The van der Waals surface area contributed by atoms with Gasteiger partial charge in [-0.05, 0) is 49.1 Å². The highest BCUT2D eigenvalue weighted by Crippen LogP contribution is 2.38. The molecule has 0 aliphatic carbocycles. The molecule has 3 aromatic rings. The molecule has 0 spiro atoms. The van der Waals surface area contributed by atoms with E-state index < -0.39 is 29.1 Å². The van der Waals surface area contributed by atoms with Crippen LogP contribution in [0, 0.1) is 11.8 Å². The van der Waals surface area contributed by atoms with E-state index in [0.29, 0.717) is 12.8 Å². The minimum absolute atomic E-state index is 0.00918. The maximum atomic E-state index is 13.3. The largest absolute Gasteiger partial charge is 0.493 e. The zero-order chi connectivity index (χ0) is 24.3. The zero-order valence-corrected chi connectivity index (χ0v) is 18.7. The molecule has 3 rings (SSSR count). The Labute approximate surface area is 192 Å². The summed E-state index contributed by atoms with van der Waals surface area (Å²) >= 11 is 6.14. The van der Waals surface area contributed by atoms with Gasteiger partial charge in [0.05, 0.1) is 34.1 Å². The molecule has 0 aliphatic rings. The molecule has 1 atom stereocenters. The molecular formula is C24H22ClF3O5. The third-order valence-electron chi connectivity index (χ3n) is 5.32. The quantitative estimate of drug-likeness (QED) is 0.364. The molecule has 0 saturated carbocycles. The first-order valence-electron chi connectivity index (χ1n) is 10.3. The number of para-hydroxylation sites is 1. The van der Waals surface area contributed by atoms with Gasteiger partial charge in [-0.2, -0.15) is 13.2 Å². The van der Waals surface area contributed by atoms with Crippen LogP contribution in [0.1, 0.15) is 32.3 Å². The second-order valence-corrected chi connectivity index (χ2v) is 8.39. The molecule has 1 aromatic heterocycles. The van der Waals surface area contributed by atoms with E-state index in [1.807, 2.05) is 0 Å². The third-order valence-corrected chi connectivity index (χ3v) is 5.62. The molecule has 2 aromatic carbocycles. The minimum Gasteiger partial charge on any atom is -0.493 e.